The van der Waals surface area contributed by atoms with E-state index in [1.807, 2.05) is 24.3 Å². The lowest BCUT2D eigenvalue weighted by Gasteiger charge is -2.26. The van der Waals surface area contributed by atoms with Crippen molar-refractivity contribution in [2.75, 3.05) is 4.90 Å². The van der Waals surface area contributed by atoms with Gasteiger partial charge in [0.25, 0.3) is 0 Å². The van der Waals surface area contributed by atoms with Crippen LogP contribution in [0.25, 0.3) is 88.0 Å². The molecule has 258 valence electrons. The third-order valence-electron chi connectivity index (χ3n) is 10.9. The molecule has 0 spiro atoms. The van der Waals surface area contributed by atoms with E-state index in [-0.39, 0.29) is 0 Å². The molecule has 2 aromatic heterocycles. The van der Waals surface area contributed by atoms with Crippen molar-refractivity contribution in [1.29, 1.82) is 0 Å². The van der Waals surface area contributed by atoms with Gasteiger partial charge in [-0.05, 0) is 111 Å². The van der Waals surface area contributed by atoms with Crippen molar-refractivity contribution in [2.45, 2.75) is 0 Å². The molecule has 11 rings (SSSR count). The van der Waals surface area contributed by atoms with E-state index in [0.29, 0.717) is 0 Å². The average molecular weight is 704 g/mol. The van der Waals surface area contributed by atoms with Crippen molar-refractivity contribution in [2.24, 2.45) is 0 Å². The summed E-state index contributed by atoms with van der Waals surface area (Å²) in [5.74, 6) is 0. The number of fused-ring (bicyclic) bond motifs is 7. The number of anilines is 3. The van der Waals surface area contributed by atoms with Gasteiger partial charge in [0.1, 0.15) is 22.3 Å². The van der Waals surface area contributed by atoms with Gasteiger partial charge in [-0.3, -0.25) is 0 Å². The topological polar surface area (TPSA) is 29.5 Å². The molecule has 0 aliphatic heterocycles. The van der Waals surface area contributed by atoms with Gasteiger partial charge in [0.05, 0.1) is 0 Å². The van der Waals surface area contributed by atoms with Crippen LogP contribution in [0, 0.1) is 0 Å². The monoisotopic (exact) mass is 703 g/mol. The molecule has 0 radical (unpaired) electrons. The first-order chi connectivity index (χ1) is 27.2. The van der Waals surface area contributed by atoms with Gasteiger partial charge in [-0.2, -0.15) is 0 Å². The van der Waals surface area contributed by atoms with Crippen LogP contribution >= 0.6 is 0 Å². The van der Waals surface area contributed by atoms with E-state index < -0.39 is 0 Å². The number of para-hydroxylation sites is 2. The van der Waals surface area contributed by atoms with E-state index >= 15 is 0 Å². The van der Waals surface area contributed by atoms with Crippen LogP contribution in [0.3, 0.4) is 0 Å². The summed E-state index contributed by atoms with van der Waals surface area (Å²) in [5, 5.41) is 6.96. The maximum Gasteiger partial charge on any atom is 0.135 e. The zero-order valence-electron chi connectivity index (χ0n) is 29.8. The molecule has 0 fully saturated rings. The van der Waals surface area contributed by atoms with Crippen LogP contribution < -0.4 is 4.90 Å². The summed E-state index contributed by atoms with van der Waals surface area (Å²) in [6, 6.07) is 71.2. The van der Waals surface area contributed by atoms with Gasteiger partial charge in [0.2, 0.25) is 0 Å². The molecule has 0 aliphatic rings. The first-order valence-corrected chi connectivity index (χ1v) is 18.7. The maximum atomic E-state index is 6.23. The van der Waals surface area contributed by atoms with E-state index in [2.05, 4.69) is 181 Å². The number of nitrogens with zero attached hydrogens (tertiary/aromatic N) is 1. The van der Waals surface area contributed by atoms with Crippen molar-refractivity contribution in [3.8, 4) is 33.4 Å². The van der Waals surface area contributed by atoms with Crippen molar-refractivity contribution in [1.82, 2.24) is 0 Å². The third kappa shape index (κ3) is 5.36. The quantitative estimate of drug-likeness (QED) is 0.173. The van der Waals surface area contributed by atoms with E-state index in [1.54, 1.807) is 0 Å². The Hall–Kier alpha value is -7.36. The zero-order valence-corrected chi connectivity index (χ0v) is 29.8. The highest BCUT2D eigenvalue weighted by molar-refractivity contribution is 6.08. The highest BCUT2D eigenvalue weighted by atomic mass is 16.3. The Bertz CT molecular complexity index is 3200. The van der Waals surface area contributed by atoms with Gasteiger partial charge in [-0.1, -0.05) is 133 Å². The van der Waals surface area contributed by atoms with Gasteiger partial charge in [-0.15, -0.1) is 0 Å². The van der Waals surface area contributed by atoms with E-state index in [0.717, 1.165) is 72.1 Å². The second kappa shape index (κ2) is 12.6. The number of furan rings is 2. The molecule has 0 unspecified atom stereocenters. The summed E-state index contributed by atoms with van der Waals surface area (Å²) in [7, 11) is 0. The standard InChI is InChI=1S/C52H33NO2/c1-2-13-43-36(9-1)10-8-16-44(43)37-21-19-34(20-22-37)35-23-26-40(27-24-35)53(42-28-30-52-48(33-42)46-15-4-6-18-50(46)55-52)41-12-7-11-38(31-41)39-25-29-51-47(32-39)45-14-3-5-17-49(45)54-51/h1-33H. The minimum Gasteiger partial charge on any atom is -0.456 e. The second-order valence-corrected chi connectivity index (χ2v) is 14.1. The summed E-state index contributed by atoms with van der Waals surface area (Å²) in [6.45, 7) is 0. The van der Waals surface area contributed by atoms with Gasteiger partial charge in [-0.25, -0.2) is 0 Å². The summed E-state index contributed by atoms with van der Waals surface area (Å²) >= 11 is 0. The van der Waals surface area contributed by atoms with E-state index in [9.17, 15) is 0 Å². The summed E-state index contributed by atoms with van der Waals surface area (Å²) in [4.78, 5) is 2.34. The van der Waals surface area contributed by atoms with Gasteiger partial charge >= 0.3 is 0 Å². The Kier molecular flexibility index (Phi) is 7.17. The van der Waals surface area contributed by atoms with Crippen LogP contribution in [0.1, 0.15) is 0 Å². The second-order valence-electron chi connectivity index (χ2n) is 14.1. The first kappa shape index (κ1) is 31.2. The summed E-state index contributed by atoms with van der Waals surface area (Å²) < 4.78 is 12.4. The molecule has 0 N–H and O–H groups in total. The SMILES string of the molecule is c1cc(-c2ccc3oc4ccccc4c3c2)cc(N(c2ccc(-c3ccc(-c4cccc5ccccc45)cc3)cc2)c2ccc3oc4ccccc4c3c2)c1. The van der Waals surface area contributed by atoms with Crippen LogP contribution in [0.2, 0.25) is 0 Å². The van der Waals surface area contributed by atoms with Gasteiger partial charge in [0.15, 0.2) is 0 Å². The number of hydrogen-bond acceptors (Lipinski definition) is 3. The number of hydrogen-bond donors (Lipinski definition) is 0. The maximum absolute atomic E-state index is 6.23. The molecule has 0 amide bonds. The minimum atomic E-state index is 0.876. The summed E-state index contributed by atoms with van der Waals surface area (Å²) in [6.07, 6.45) is 0. The zero-order chi connectivity index (χ0) is 36.3. The highest BCUT2D eigenvalue weighted by Crippen LogP contribution is 2.41. The number of rotatable bonds is 6. The van der Waals surface area contributed by atoms with Crippen molar-refractivity contribution < 1.29 is 8.83 Å². The number of benzene rings is 9. The van der Waals surface area contributed by atoms with Crippen molar-refractivity contribution in [3.05, 3.63) is 200 Å². The first-order valence-electron chi connectivity index (χ1n) is 18.7. The van der Waals surface area contributed by atoms with Crippen LogP contribution in [0.15, 0.2) is 209 Å². The molecule has 0 bridgehead atoms. The van der Waals surface area contributed by atoms with Crippen LogP contribution in [-0.2, 0) is 0 Å². The normalized spacial score (nSPS) is 11.6. The molecule has 0 saturated heterocycles. The predicted molar refractivity (Wildman–Crippen MR) is 229 cm³/mol. The highest BCUT2D eigenvalue weighted by Gasteiger charge is 2.17. The molecule has 3 heteroatoms. The fourth-order valence-electron chi connectivity index (χ4n) is 8.15. The lowest BCUT2D eigenvalue weighted by Crippen LogP contribution is -2.10. The third-order valence-corrected chi connectivity index (χ3v) is 10.9. The Morgan fingerprint density at radius 3 is 1.51 bits per heavy atom. The minimum absolute atomic E-state index is 0.876. The fraction of sp³-hybridized carbons (Fsp3) is 0. The van der Waals surface area contributed by atoms with Crippen LogP contribution in [0.4, 0.5) is 17.1 Å². The largest absolute Gasteiger partial charge is 0.456 e. The lowest BCUT2D eigenvalue weighted by molar-refractivity contribution is 0.668. The lowest BCUT2D eigenvalue weighted by atomic mass is 9.96. The molecule has 0 saturated carbocycles. The Morgan fingerprint density at radius 1 is 0.273 bits per heavy atom. The molecule has 0 atom stereocenters. The molecular weight excluding hydrogens is 671 g/mol. The summed E-state index contributed by atoms with van der Waals surface area (Å²) in [5.41, 5.74) is 13.8. The Labute approximate surface area is 317 Å². The van der Waals surface area contributed by atoms with E-state index in [1.165, 1.54) is 33.0 Å². The molecule has 11 aromatic rings. The molecule has 0 aliphatic carbocycles. The van der Waals surface area contributed by atoms with Gasteiger partial charge in [0, 0.05) is 38.6 Å². The van der Waals surface area contributed by atoms with Crippen LogP contribution in [0.5, 0.6) is 0 Å². The molecule has 2 heterocycles. The predicted octanol–water partition coefficient (Wildman–Crippen LogP) is 15.1. The Morgan fingerprint density at radius 2 is 0.764 bits per heavy atom. The van der Waals surface area contributed by atoms with Crippen molar-refractivity contribution >= 4 is 71.7 Å². The molecule has 9 aromatic carbocycles. The van der Waals surface area contributed by atoms with Gasteiger partial charge < -0.3 is 13.7 Å². The average Bonchev–Trinajstić information content (AvgIpc) is 3.82. The molecule has 3 nitrogen and oxygen atoms in total. The van der Waals surface area contributed by atoms with Crippen molar-refractivity contribution in [3.63, 3.8) is 0 Å². The smallest absolute Gasteiger partial charge is 0.135 e. The Balaban J connectivity index is 0.996. The fourth-order valence-corrected chi connectivity index (χ4v) is 8.15. The molecular formula is C52H33NO2. The molecule has 55 heavy (non-hydrogen) atoms. The van der Waals surface area contributed by atoms with E-state index in [4.69, 9.17) is 8.83 Å². The van der Waals surface area contributed by atoms with Crippen LogP contribution in [-0.4, -0.2) is 0 Å².